The first-order valence-electron chi connectivity index (χ1n) is 6.37. The summed E-state index contributed by atoms with van der Waals surface area (Å²) in [5.74, 6) is -1.51. The highest BCUT2D eigenvalue weighted by molar-refractivity contribution is 5.80. The minimum atomic E-state index is -0.887. The standard InChI is InChI=1S/C13H21N3O3/c1-5-16(7-8(2)13(18)19)12(17)6-11-9(3)14-15-10(11)4/h8H,5-7H2,1-4H3,(H,14,15)(H,18,19). The van der Waals surface area contributed by atoms with Crippen LogP contribution < -0.4 is 0 Å². The highest BCUT2D eigenvalue weighted by Gasteiger charge is 2.21. The predicted octanol–water partition coefficient (Wildman–Crippen LogP) is 1.14. The Morgan fingerprint density at radius 1 is 1.42 bits per heavy atom. The zero-order valence-electron chi connectivity index (χ0n) is 11.9. The van der Waals surface area contributed by atoms with Gasteiger partial charge in [-0.1, -0.05) is 6.92 Å². The third-order valence-corrected chi connectivity index (χ3v) is 3.26. The smallest absolute Gasteiger partial charge is 0.308 e. The molecule has 2 N–H and O–H groups in total. The lowest BCUT2D eigenvalue weighted by Crippen LogP contribution is -2.37. The monoisotopic (exact) mass is 267 g/mol. The first-order valence-corrected chi connectivity index (χ1v) is 6.37. The van der Waals surface area contributed by atoms with Crippen molar-refractivity contribution in [2.45, 2.75) is 34.1 Å². The number of H-pyrrole nitrogens is 1. The van der Waals surface area contributed by atoms with Crippen molar-refractivity contribution in [3.05, 3.63) is 17.0 Å². The molecule has 1 amide bonds. The molecular weight excluding hydrogens is 246 g/mol. The van der Waals surface area contributed by atoms with Gasteiger partial charge in [-0.15, -0.1) is 0 Å². The van der Waals surface area contributed by atoms with E-state index in [2.05, 4.69) is 10.2 Å². The Bertz CT molecular complexity index is 448. The normalized spacial score (nSPS) is 12.2. The van der Waals surface area contributed by atoms with Crippen molar-refractivity contribution in [1.29, 1.82) is 0 Å². The Morgan fingerprint density at radius 3 is 2.47 bits per heavy atom. The number of aromatic nitrogens is 2. The maximum atomic E-state index is 12.2. The SMILES string of the molecule is CCN(CC(C)C(=O)O)C(=O)Cc1c(C)n[nH]c1C. The van der Waals surface area contributed by atoms with Gasteiger partial charge in [0.15, 0.2) is 0 Å². The second kappa shape index (κ2) is 6.36. The number of hydrogen-bond acceptors (Lipinski definition) is 3. The third kappa shape index (κ3) is 3.81. The summed E-state index contributed by atoms with van der Waals surface area (Å²) in [6, 6.07) is 0. The van der Waals surface area contributed by atoms with Crippen LogP contribution in [0.3, 0.4) is 0 Å². The van der Waals surface area contributed by atoms with Gasteiger partial charge in [0, 0.05) is 24.3 Å². The van der Waals surface area contributed by atoms with Crippen LogP contribution in [0.15, 0.2) is 0 Å². The number of nitrogens with zero attached hydrogens (tertiary/aromatic N) is 2. The fourth-order valence-electron chi connectivity index (χ4n) is 1.91. The van der Waals surface area contributed by atoms with Crippen LogP contribution in [0.4, 0.5) is 0 Å². The van der Waals surface area contributed by atoms with Crippen LogP contribution in [0.25, 0.3) is 0 Å². The number of hydrogen-bond donors (Lipinski definition) is 2. The summed E-state index contributed by atoms with van der Waals surface area (Å²) in [6.45, 7) is 7.92. The molecule has 106 valence electrons. The van der Waals surface area contributed by atoms with E-state index >= 15 is 0 Å². The molecule has 0 fully saturated rings. The molecule has 1 atom stereocenters. The van der Waals surface area contributed by atoms with Gasteiger partial charge in [0.25, 0.3) is 0 Å². The first kappa shape index (κ1) is 15.2. The molecule has 1 rings (SSSR count). The number of carbonyl (C=O) groups is 2. The largest absolute Gasteiger partial charge is 0.481 e. The summed E-state index contributed by atoms with van der Waals surface area (Å²) in [5, 5.41) is 15.8. The number of likely N-dealkylation sites (N-methyl/N-ethyl adjacent to an activating group) is 1. The number of carbonyl (C=O) groups excluding carboxylic acids is 1. The van der Waals surface area contributed by atoms with Crippen LogP contribution >= 0.6 is 0 Å². The van der Waals surface area contributed by atoms with Crippen molar-refractivity contribution < 1.29 is 14.7 Å². The molecule has 0 bridgehead atoms. The maximum absolute atomic E-state index is 12.2. The predicted molar refractivity (Wildman–Crippen MR) is 70.8 cm³/mol. The van der Waals surface area contributed by atoms with E-state index in [-0.39, 0.29) is 18.9 Å². The molecule has 19 heavy (non-hydrogen) atoms. The molecule has 1 aromatic heterocycles. The molecule has 0 spiro atoms. The number of aliphatic carboxylic acids is 1. The van der Waals surface area contributed by atoms with Crippen LogP contribution in [0.5, 0.6) is 0 Å². The highest BCUT2D eigenvalue weighted by atomic mass is 16.4. The number of carboxylic acid groups (broad SMARTS) is 1. The van der Waals surface area contributed by atoms with Gasteiger partial charge in [-0.3, -0.25) is 14.7 Å². The van der Waals surface area contributed by atoms with Crippen LogP contribution in [0.2, 0.25) is 0 Å². The lowest BCUT2D eigenvalue weighted by atomic mass is 10.1. The van der Waals surface area contributed by atoms with Crippen molar-refractivity contribution in [3.63, 3.8) is 0 Å². The third-order valence-electron chi connectivity index (χ3n) is 3.26. The average Bonchev–Trinajstić information content (AvgIpc) is 2.66. The number of carboxylic acids is 1. The van der Waals surface area contributed by atoms with Gasteiger partial charge in [-0.25, -0.2) is 0 Å². The summed E-state index contributed by atoms with van der Waals surface area (Å²) in [7, 11) is 0. The molecule has 1 unspecified atom stereocenters. The van der Waals surface area contributed by atoms with E-state index in [9.17, 15) is 9.59 Å². The van der Waals surface area contributed by atoms with Crippen LogP contribution in [-0.2, 0) is 16.0 Å². The Hall–Kier alpha value is -1.85. The van der Waals surface area contributed by atoms with Crippen LogP contribution in [0, 0.1) is 19.8 Å². The fourth-order valence-corrected chi connectivity index (χ4v) is 1.91. The molecule has 0 saturated heterocycles. The molecule has 1 aromatic rings. The molecule has 6 heteroatoms. The van der Waals surface area contributed by atoms with Crippen molar-refractivity contribution in [3.8, 4) is 0 Å². The minimum Gasteiger partial charge on any atom is -0.481 e. The molecule has 0 aliphatic heterocycles. The van der Waals surface area contributed by atoms with Gasteiger partial charge < -0.3 is 10.0 Å². The van der Waals surface area contributed by atoms with Crippen molar-refractivity contribution in [1.82, 2.24) is 15.1 Å². The second-order valence-electron chi connectivity index (χ2n) is 4.76. The molecule has 1 heterocycles. The molecule has 0 aromatic carbocycles. The zero-order chi connectivity index (χ0) is 14.6. The number of amides is 1. The molecular formula is C13H21N3O3. The van der Waals surface area contributed by atoms with Crippen molar-refractivity contribution in [2.75, 3.05) is 13.1 Å². The quantitative estimate of drug-likeness (QED) is 0.809. The van der Waals surface area contributed by atoms with Crippen molar-refractivity contribution >= 4 is 11.9 Å². The molecule has 0 aliphatic rings. The molecule has 0 aliphatic carbocycles. The Balaban J connectivity index is 2.72. The van der Waals surface area contributed by atoms with Gasteiger partial charge in [-0.05, 0) is 20.8 Å². The fraction of sp³-hybridized carbons (Fsp3) is 0.615. The Kier molecular flexibility index (Phi) is 5.09. The first-order chi connectivity index (χ1) is 8.86. The lowest BCUT2D eigenvalue weighted by molar-refractivity contribution is -0.142. The summed E-state index contributed by atoms with van der Waals surface area (Å²) in [6.07, 6.45) is 0.258. The van der Waals surface area contributed by atoms with Gasteiger partial charge in [0.05, 0.1) is 18.0 Å². The van der Waals surface area contributed by atoms with E-state index in [0.717, 1.165) is 17.0 Å². The van der Waals surface area contributed by atoms with Gasteiger partial charge in [0.1, 0.15) is 0 Å². The molecule has 0 radical (unpaired) electrons. The van der Waals surface area contributed by atoms with E-state index in [4.69, 9.17) is 5.11 Å². The summed E-state index contributed by atoms with van der Waals surface area (Å²) < 4.78 is 0. The maximum Gasteiger partial charge on any atom is 0.308 e. The topological polar surface area (TPSA) is 86.3 Å². The van der Waals surface area contributed by atoms with E-state index in [1.807, 2.05) is 20.8 Å². The number of aromatic amines is 1. The van der Waals surface area contributed by atoms with E-state index in [0.29, 0.717) is 6.54 Å². The minimum absolute atomic E-state index is 0.0665. The summed E-state index contributed by atoms with van der Waals surface area (Å²) >= 11 is 0. The molecule has 6 nitrogen and oxygen atoms in total. The van der Waals surface area contributed by atoms with Crippen LogP contribution in [-0.4, -0.2) is 45.2 Å². The number of rotatable bonds is 6. The van der Waals surface area contributed by atoms with Crippen LogP contribution in [0.1, 0.15) is 30.8 Å². The highest BCUT2D eigenvalue weighted by Crippen LogP contribution is 2.12. The Morgan fingerprint density at radius 2 is 2.05 bits per heavy atom. The van der Waals surface area contributed by atoms with E-state index < -0.39 is 11.9 Å². The average molecular weight is 267 g/mol. The van der Waals surface area contributed by atoms with E-state index in [1.165, 1.54) is 0 Å². The second-order valence-corrected chi connectivity index (χ2v) is 4.76. The summed E-state index contributed by atoms with van der Waals surface area (Å²) in [4.78, 5) is 24.6. The van der Waals surface area contributed by atoms with E-state index in [1.54, 1.807) is 11.8 Å². The van der Waals surface area contributed by atoms with Crippen molar-refractivity contribution in [2.24, 2.45) is 5.92 Å². The lowest BCUT2D eigenvalue weighted by Gasteiger charge is -2.23. The summed E-state index contributed by atoms with van der Waals surface area (Å²) in [5.41, 5.74) is 2.59. The van der Waals surface area contributed by atoms with Gasteiger partial charge >= 0.3 is 5.97 Å². The van der Waals surface area contributed by atoms with Gasteiger partial charge in [-0.2, -0.15) is 5.10 Å². The number of aryl methyl sites for hydroxylation is 2. The number of nitrogens with one attached hydrogen (secondary N) is 1. The molecule has 0 saturated carbocycles. The zero-order valence-corrected chi connectivity index (χ0v) is 11.9. The Labute approximate surface area is 112 Å². The van der Waals surface area contributed by atoms with Gasteiger partial charge in [0.2, 0.25) is 5.91 Å².